The molecule has 2 aromatic carbocycles. The van der Waals surface area contributed by atoms with Crippen LogP contribution < -0.4 is 10.1 Å². The van der Waals surface area contributed by atoms with Crippen LogP contribution in [0.15, 0.2) is 41.3 Å². The van der Waals surface area contributed by atoms with Crippen molar-refractivity contribution in [3.8, 4) is 5.75 Å². The standard InChI is InChI=1S/C21H24ClN3O4S2/c1-12(2)25(13(3)4)31(27,28)15-7-8-17-19(11-15)30-21(23-17)24-20(26)16-10-14(22)6-9-18(16)29-5/h6-13H,1-5H3,(H,23,24,26). The maximum absolute atomic E-state index is 13.1. The Bertz CT molecular complexity index is 1210. The van der Waals surface area contributed by atoms with Gasteiger partial charge in [-0.1, -0.05) is 22.9 Å². The molecule has 3 aromatic rings. The van der Waals surface area contributed by atoms with E-state index in [1.54, 1.807) is 30.3 Å². The number of benzene rings is 2. The fourth-order valence-electron chi connectivity index (χ4n) is 3.41. The number of amides is 1. The maximum atomic E-state index is 13.1. The van der Waals surface area contributed by atoms with E-state index in [2.05, 4.69) is 10.3 Å². The zero-order chi connectivity index (χ0) is 22.9. The summed E-state index contributed by atoms with van der Waals surface area (Å²) in [5.41, 5.74) is 0.875. The lowest BCUT2D eigenvalue weighted by atomic mass is 10.2. The summed E-state index contributed by atoms with van der Waals surface area (Å²) in [6, 6.07) is 9.19. The number of rotatable bonds is 7. The Hall–Kier alpha value is -2.20. The number of thiazole rings is 1. The van der Waals surface area contributed by atoms with Gasteiger partial charge in [-0.25, -0.2) is 13.4 Å². The van der Waals surface area contributed by atoms with E-state index in [1.807, 2.05) is 27.7 Å². The normalized spacial score (nSPS) is 12.2. The van der Waals surface area contributed by atoms with Crippen LogP contribution >= 0.6 is 22.9 Å². The molecule has 0 aliphatic heterocycles. The molecule has 0 saturated heterocycles. The van der Waals surface area contributed by atoms with Gasteiger partial charge in [0.1, 0.15) is 5.75 Å². The number of sulfonamides is 1. The highest BCUT2D eigenvalue weighted by Gasteiger charge is 2.29. The number of carbonyl (C=O) groups is 1. The molecule has 0 aliphatic rings. The molecule has 7 nitrogen and oxygen atoms in total. The van der Waals surface area contributed by atoms with Crippen molar-refractivity contribution in [1.29, 1.82) is 0 Å². The first-order chi connectivity index (χ1) is 14.5. The van der Waals surface area contributed by atoms with Crippen molar-refractivity contribution >= 4 is 54.2 Å². The summed E-state index contributed by atoms with van der Waals surface area (Å²) in [6.07, 6.45) is 0. The van der Waals surface area contributed by atoms with Gasteiger partial charge in [-0.05, 0) is 64.1 Å². The minimum Gasteiger partial charge on any atom is -0.496 e. The highest BCUT2D eigenvalue weighted by molar-refractivity contribution is 7.89. The number of nitrogens with zero attached hydrogens (tertiary/aromatic N) is 2. The predicted molar refractivity (Wildman–Crippen MR) is 125 cm³/mol. The van der Waals surface area contributed by atoms with Crippen LogP contribution in [0.3, 0.4) is 0 Å². The van der Waals surface area contributed by atoms with Crippen molar-refractivity contribution in [2.75, 3.05) is 12.4 Å². The topological polar surface area (TPSA) is 88.6 Å². The Balaban J connectivity index is 1.93. The summed E-state index contributed by atoms with van der Waals surface area (Å²) in [5.74, 6) is -0.0316. The molecule has 0 radical (unpaired) electrons. The summed E-state index contributed by atoms with van der Waals surface area (Å²) < 4.78 is 33.6. The molecule has 0 fully saturated rings. The van der Waals surface area contributed by atoms with E-state index < -0.39 is 15.9 Å². The number of ether oxygens (including phenoxy) is 1. The number of hydrogen-bond donors (Lipinski definition) is 1. The van der Waals surface area contributed by atoms with E-state index >= 15 is 0 Å². The quantitative estimate of drug-likeness (QED) is 0.512. The molecular formula is C21H24ClN3O4S2. The van der Waals surface area contributed by atoms with Crippen LogP contribution in [0.1, 0.15) is 38.1 Å². The highest BCUT2D eigenvalue weighted by Crippen LogP contribution is 2.31. The van der Waals surface area contributed by atoms with Crippen LogP contribution in [-0.4, -0.2) is 42.8 Å². The number of fused-ring (bicyclic) bond motifs is 1. The Kier molecular flexibility index (Phi) is 6.90. The second kappa shape index (κ2) is 9.12. The Morgan fingerprint density at radius 2 is 1.81 bits per heavy atom. The summed E-state index contributed by atoms with van der Waals surface area (Å²) >= 11 is 7.20. The van der Waals surface area contributed by atoms with Gasteiger partial charge in [0, 0.05) is 17.1 Å². The van der Waals surface area contributed by atoms with E-state index in [-0.39, 0.29) is 22.5 Å². The first kappa shape index (κ1) is 23.5. The molecule has 166 valence electrons. The second-order valence-electron chi connectivity index (χ2n) is 7.47. The lowest BCUT2D eigenvalue weighted by molar-refractivity contribution is 0.102. The molecule has 0 atom stereocenters. The Morgan fingerprint density at radius 1 is 1.13 bits per heavy atom. The second-order valence-corrected chi connectivity index (χ2v) is 10.8. The lowest BCUT2D eigenvalue weighted by Crippen LogP contribution is -2.41. The van der Waals surface area contributed by atoms with Gasteiger partial charge in [0.05, 0.1) is 27.8 Å². The first-order valence-electron chi connectivity index (χ1n) is 9.63. The lowest BCUT2D eigenvalue weighted by Gasteiger charge is -2.29. The van der Waals surface area contributed by atoms with Crippen LogP contribution in [0, 0.1) is 0 Å². The number of methoxy groups -OCH3 is 1. The molecule has 1 amide bonds. The van der Waals surface area contributed by atoms with Gasteiger partial charge in [-0.15, -0.1) is 0 Å². The van der Waals surface area contributed by atoms with Gasteiger partial charge >= 0.3 is 0 Å². The third-order valence-electron chi connectivity index (χ3n) is 4.58. The average molecular weight is 482 g/mol. The van der Waals surface area contributed by atoms with Crippen molar-refractivity contribution in [3.05, 3.63) is 47.0 Å². The average Bonchev–Trinajstić information content (AvgIpc) is 3.08. The van der Waals surface area contributed by atoms with Crippen LogP contribution in [0.4, 0.5) is 5.13 Å². The van der Waals surface area contributed by atoms with Crippen molar-refractivity contribution in [2.45, 2.75) is 44.7 Å². The zero-order valence-corrected chi connectivity index (χ0v) is 20.2. The molecule has 10 heteroatoms. The minimum atomic E-state index is -3.67. The fourth-order valence-corrected chi connectivity index (χ4v) is 6.42. The molecule has 31 heavy (non-hydrogen) atoms. The number of aromatic nitrogens is 1. The molecule has 0 aliphatic carbocycles. The van der Waals surface area contributed by atoms with Crippen molar-refractivity contribution in [2.24, 2.45) is 0 Å². The van der Waals surface area contributed by atoms with Gasteiger partial charge in [0.25, 0.3) is 5.91 Å². The number of nitrogens with one attached hydrogen (secondary N) is 1. The number of carbonyl (C=O) groups excluding carboxylic acids is 1. The Morgan fingerprint density at radius 3 is 2.42 bits per heavy atom. The van der Waals surface area contributed by atoms with Gasteiger partial charge in [0.15, 0.2) is 5.13 Å². The SMILES string of the molecule is COc1ccc(Cl)cc1C(=O)Nc1nc2ccc(S(=O)(=O)N(C(C)C)C(C)C)cc2s1. The molecule has 1 heterocycles. The molecular weight excluding hydrogens is 458 g/mol. The smallest absolute Gasteiger partial charge is 0.261 e. The summed E-state index contributed by atoms with van der Waals surface area (Å²) in [5, 5.41) is 3.49. The predicted octanol–water partition coefficient (Wildman–Crippen LogP) is 5.02. The van der Waals surface area contributed by atoms with Gasteiger partial charge in [-0.2, -0.15) is 4.31 Å². The maximum Gasteiger partial charge on any atom is 0.261 e. The summed E-state index contributed by atoms with van der Waals surface area (Å²) in [6.45, 7) is 7.39. The van der Waals surface area contributed by atoms with Crippen LogP contribution in [0.5, 0.6) is 5.75 Å². The third-order valence-corrected chi connectivity index (χ3v) is 8.00. The number of hydrogen-bond acceptors (Lipinski definition) is 6. The number of anilines is 1. The molecule has 3 rings (SSSR count). The van der Waals surface area contributed by atoms with Crippen LogP contribution in [0.2, 0.25) is 5.02 Å². The monoisotopic (exact) mass is 481 g/mol. The van der Waals surface area contributed by atoms with Gasteiger partial charge < -0.3 is 4.74 Å². The van der Waals surface area contributed by atoms with E-state index in [0.29, 0.717) is 26.1 Å². The molecule has 0 unspecified atom stereocenters. The van der Waals surface area contributed by atoms with Crippen molar-refractivity contribution in [1.82, 2.24) is 9.29 Å². The first-order valence-corrected chi connectivity index (χ1v) is 12.3. The van der Waals surface area contributed by atoms with Crippen LogP contribution in [-0.2, 0) is 10.0 Å². The van der Waals surface area contributed by atoms with Gasteiger partial charge in [-0.3, -0.25) is 10.1 Å². The van der Waals surface area contributed by atoms with Crippen molar-refractivity contribution < 1.29 is 17.9 Å². The summed E-state index contributed by atoms with van der Waals surface area (Å²) in [4.78, 5) is 17.3. The zero-order valence-electron chi connectivity index (χ0n) is 17.8. The van der Waals surface area contributed by atoms with Gasteiger partial charge in [0.2, 0.25) is 10.0 Å². The molecule has 0 saturated carbocycles. The van der Waals surface area contributed by atoms with E-state index in [1.165, 1.54) is 28.8 Å². The van der Waals surface area contributed by atoms with E-state index in [4.69, 9.17) is 16.3 Å². The molecule has 1 aromatic heterocycles. The van der Waals surface area contributed by atoms with Crippen LogP contribution in [0.25, 0.3) is 10.2 Å². The summed E-state index contributed by atoms with van der Waals surface area (Å²) in [7, 11) is -2.20. The fraction of sp³-hybridized carbons (Fsp3) is 0.333. The minimum absolute atomic E-state index is 0.176. The highest BCUT2D eigenvalue weighted by atomic mass is 35.5. The Labute approximate surface area is 191 Å². The number of halogens is 1. The third kappa shape index (κ3) is 4.85. The van der Waals surface area contributed by atoms with E-state index in [9.17, 15) is 13.2 Å². The largest absolute Gasteiger partial charge is 0.496 e. The molecule has 0 bridgehead atoms. The molecule has 0 spiro atoms. The van der Waals surface area contributed by atoms with E-state index in [0.717, 1.165) is 0 Å². The van der Waals surface area contributed by atoms with Crippen molar-refractivity contribution in [3.63, 3.8) is 0 Å². The molecule has 1 N–H and O–H groups in total.